The van der Waals surface area contributed by atoms with Crippen LogP contribution in [0.25, 0.3) is 10.9 Å². The molecule has 3 aromatic rings. The summed E-state index contributed by atoms with van der Waals surface area (Å²) in [6.07, 6.45) is 1.74. The van der Waals surface area contributed by atoms with Crippen LogP contribution >= 0.6 is 46.6 Å². The molecule has 1 amide bonds. The van der Waals surface area contributed by atoms with Crippen molar-refractivity contribution in [1.82, 2.24) is 4.98 Å². The number of hydrogen-bond donors (Lipinski definition) is 1. The van der Waals surface area contributed by atoms with E-state index in [1.165, 1.54) is 23.9 Å². The van der Waals surface area contributed by atoms with Crippen molar-refractivity contribution in [2.24, 2.45) is 0 Å². The van der Waals surface area contributed by atoms with Crippen molar-refractivity contribution in [2.75, 3.05) is 11.1 Å². The molecular weight excluding hydrogens is 387 g/mol. The third kappa shape index (κ3) is 3.95. The maximum atomic E-state index is 12.2. The number of nitrogens with zero attached hydrogens (tertiary/aromatic N) is 1. The van der Waals surface area contributed by atoms with E-state index in [1.807, 2.05) is 30.3 Å². The number of nitrogens with one attached hydrogen (secondary N) is 1. The lowest BCUT2D eigenvalue weighted by Crippen LogP contribution is -2.14. The second-order valence-electron chi connectivity index (χ2n) is 4.91. The largest absolute Gasteiger partial charge is 0.324 e. The molecule has 2 aromatic carbocycles. The van der Waals surface area contributed by atoms with Crippen LogP contribution in [0.1, 0.15) is 0 Å². The van der Waals surface area contributed by atoms with E-state index in [0.717, 1.165) is 15.8 Å². The number of hydrogen-bond acceptors (Lipinski definition) is 3. The number of amides is 1. The first-order valence-corrected chi connectivity index (χ1v) is 9.07. The molecule has 0 aliphatic heterocycles. The predicted molar refractivity (Wildman–Crippen MR) is 103 cm³/mol. The third-order valence-electron chi connectivity index (χ3n) is 3.24. The van der Waals surface area contributed by atoms with Crippen LogP contribution in [0.2, 0.25) is 15.1 Å². The van der Waals surface area contributed by atoms with Crippen LogP contribution in [-0.2, 0) is 4.79 Å². The number of para-hydroxylation sites is 1. The summed E-state index contributed by atoms with van der Waals surface area (Å²) in [7, 11) is 0. The monoisotopic (exact) mass is 396 g/mol. The summed E-state index contributed by atoms with van der Waals surface area (Å²) in [5.74, 6) is 0.0416. The first kappa shape index (κ1) is 17.4. The van der Waals surface area contributed by atoms with Gasteiger partial charge in [0.1, 0.15) is 0 Å². The highest BCUT2D eigenvalue weighted by Crippen LogP contribution is 2.32. The van der Waals surface area contributed by atoms with Gasteiger partial charge in [0.05, 0.1) is 32.0 Å². The van der Waals surface area contributed by atoms with Gasteiger partial charge in [0.15, 0.2) is 0 Å². The zero-order valence-electron chi connectivity index (χ0n) is 12.2. The van der Waals surface area contributed by atoms with Crippen molar-refractivity contribution in [3.05, 3.63) is 63.7 Å². The van der Waals surface area contributed by atoms with Crippen LogP contribution in [0.5, 0.6) is 0 Å². The molecule has 24 heavy (non-hydrogen) atoms. The molecule has 3 nitrogen and oxygen atoms in total. The molecule has 0 fully saturated rings. The number of rotatable bonds is 4. The molecule has 0 bridgehead atoms. The highest BCUT2D eigenvalue weighted by Gasteiger charge is 2.11. The molecule has 0 aliphatic carbocycles. The maximum absolute atomic E-state index is 12.2. The molecule has 0 aliphatic rings. The van der Waals surface area contributed by atoms with E-state index in [9.17, 15) is 4.79 Å². The van der Waals surface area contributed by atoms with E-state index >= 15 is 0 Å². The number of carbonyl (C=O) groups excluding carboxylic acids is 1. The second kappa shape index (κ2) is 7.62. The first-order valence-electron chi connectivity index (χ1n) is 6.95. The number of benzene rings is 2. The van der Waals surface area contributed by atoms with Gasteiger partial charge in [0, 0.05) is 16.5 Å². The molecule has 0 saturated heterocycles. The van der Waals surface area contributed by atoms with Crippen molar-refractivity contribution in [2.45, 2.75) is 4.90 Å². The maximum Gasteiger partial charge on any atom is 0.234 e. The van der Waals surface area contributed by atoms with Gasteiger partial charge in [-0.05, 0) is 24.3 Å². The lowest BCUT2D eigenvalue weighted by Gasteiger charge is -2.09. The molecule has 0 unspecified atom stereocenters. The van der Waals surface area contributed by atoms with Gasteiger partial charge in [0.25, 0.3) is 0 Å². The van der Waals surface area contributed by atoms with Gasteiger partial charge in [0.2, 0.25) is 5.91 Å². The summed E-state index contributed by atoms with van der Waals surface area (Å²) >= 11 is 19.3. The Morgan fingerprint density at radius 2 is 1.79 bits per heavy atom. The fourth-order valence-corrected chi connectivity index (χ4v) is 3.58. The van der Waals surface area contributed by atoms with E-state index in [-0.39, 0.29) is 11.7 Å². The Kier molecular flexibility index (Phi) is 5.51. The standard InChI is InChI=1S/C17H11Cl3N2OS/c18-11-7-13(20)14(8-12(11)19)22-16(23)9-24-15-5-1-3-10-4-2-6-21-17(10)15/h1-8H,9H2,(H,22,23). The minimum atomic E-state index is -0.187. The number of thioether (sulfide) groups is 1. The minimum Gasteiger partial charge on any atom is -0.324 e. The fraction of sp³-hybridized carbons (Fsp3) is 0.0588. The predicted octanol–water partition coefficient (Wildman–Crippen LogP) is 5.93. The van der Waals surface area contributed by atoms with Crippen LogP contribution in [-0.4, -0.2) is 16.6 Å². The molecule has 1 aromatic heterocycles. The molecule has 0 spiro atoms. The molecule has 1 N–H and O–H groups in total. The van der Waals surface area contributed by atoms with Crippen molar-refractivity contribution in [3.63, 3.8) is 0 Å². The number of halogens is 3. The van der Waals surface area contributed by atoms with E-state index in [4.69, 9.17) is 34.8 Å². The Morgan fingerprint density at radius 3 is 2.62 bits per heavy atom. The minimum absolute atomic E-state index is 0.187. The van der Waals surface area contributed by atoms with E-state index in [0.29, 0.717) is 20.8 Å². The Morgan fingerprint density at radius 1 is 1.04 bits per heavy atom. The fourth-order valence-electron chi connectivity index (χ4n) is 2.14. The molecule has 0 atom stereocenters. The van der Waals surface area contributed by atoms with Gasteiger partial charge >= 0.3 is 0 Å². The average molecular weight is 398 g/mol. The third-order valence-corrected chi connectivity index (χ3v) is 5.32. The topological polar surface area (TPSA) is 42.0 Å². The molecule has 0 saturated carbocycles. The number of anilines is 1. The van der Waals surface area contributed by atoms with Crippen molar-refractivity contribution in [3.8, 4) is 0 Å². The Labute approximate surface area is 158 Å². The van der Waals surface area contributed by atoms with Crippen LogP contribution < -0.4 is 5.32 Å². The van der Waals surface area contributed by atoms with Gasteiger partial charge in [-0.1, -0.05) is 53.0 Å². The van der Waals surface area contributed by atoms with Crippen molar-refractivity contribution < 1.29 is 4.79 Å². The van der Waals surface area contributed by atoms with Crippen molar-refractivity contribution >= 4 is 69.1 Å². The van der Waals surface area contributed by atoms with E-state index in [1.54, 1.807) is 6.20 Å². The highest BCUT2D eigenvalue weighted by molar-refractivity contribution is 8.00. The molecule has 1 heterocycles. The van der Waals surface area contributed by atoms with Crippen LogP contribution in [0.15, 0.2) is 53.6 Å². The Balaban J connectivity index is 1.71. The summed E-state index contributed by atoms with van der Waals surface area (Å²) in [5.41, 5.74) is 1.32. The lowest BCUT2D eigenvalue weighted by atomic mass is 10.2. The Bertz CT molecular complexity index is 912. The normalized spacial score (nSPS) is 10.8. The molecule has 7 heteroatoms. The SMILES string of the molecule is O=C(CSc1cccc2cccnc12)Nc1cc(Cl)c(Cl)cc1Cl. The van der Waals surface area contributed by atoms with Gasteiger partial charge in [-0.25, -0.2) is 0 Å². The first-order chi connectivity index (χ1) is 11.5. The van der Waals surface area contributed by atoms with Crippen LogP contribution in [0.3, 0.4) is 0 Å². The zero-order chi connectivity index (χ0) is 17.1. The van der Waals surface area contributed by atoms with Gasteiger partial charge < -0.3 is 5.32 Å². The van der Waals surface area contributed by atoms with Gasteiger partial charge in [-0.15, -0.1) is 11.8 Å². The number of fused-ring (bicyclic) bond motifs is 1. The zero-order valence-corrected chi connectivity index (χ0v) is 15.3. The smallest absolute Gasteiger partial charge is 0.234 e. The lowest BCUT2D eigenvalue weighted by molar-refractivity contribution is -0.113. The van der Waals surface area contributed by atoms with Gasteiger partial charge in [-0.3, -0.25) is 9.78 Å². The van der Waals surface area contributed by atoms with Crippen LogP contribution in [0.4, 0.5) is 5.69 Å². The molecule has 3 rings (SSSR count). The highest BCUT2D eigenvalue weighted by atomic mass is 35.5. The summed E-state index contributed by atoms with van der Waals surface area (Å²) in [6, 6.07) is 12.8. The average Bonchev–Trinajstić information content (AvgIpc) is 2.58. The summed E-state index contributed by atoms with van der Waals surface area (Å²) in [5, 5.41) is 4.80. The quantitative estimate of drug-likeness (QED) is 0.438. The molecular formula is C17H11Cl3N2OS. The molecule has 122 valence electrons. The number of carbonyl (C=O) groups is 1. The van der Waals surface area contributed by atoms with E-state index in [2.05, 4.69) is 10.3 Å². The Hall–Kier alpha value is -1.46. The van der Waals surface area contributed by atoms with Crippen LogP contribution in [0, 0.1) is 0 Å². The molecule has 0 radical (unpaired) electrons. The number of aromatic nitrogens is 1. The summed E-state index contributed by atoms with van der Waals surface area (Å²) in [4.78, 5) is 17.5. The van der Waals surface area contributed by atoms with E-state index < -0.39 is 0 Å². The second-order valence-corrected chi connectivity index (χ2v) is 7.15. The van der Waals surface area contributed by atoms with Gasteiger partial charge in [-0.2, -0.15) is 0 Å². The number of pyridine rings is 1. The summed E-state index contributed by atoms with van der Waals surface area (Å²) < 4.78 is 0. The van der Waals surface area contributed by atoms with Crippen molar-refractivity contribution in [1.29, 1.82) is 0 Å². The summed E-state index contributed by atoms with van der Waals surface area (Å²) in [6.45, 7) is 0.